The van der Waals surface area contributed by atoms with Crippen molar-refractivity contribution in [3.8, 4) is 22.3 Å². The van der Waals surface area contributed by atoms with E-state index in [1.807, 2.05) is 6.07 Å². The van der Waals surface area contributed by atoms with E-state index in [-0.39, 0.29) is 17.1 Å². The molecule has 0 radical (unpaired) electrons. The number of nitrogens with two attached hydrogens (primary N) is 2. The zero-order chi connectivity index (χ0) is 17.3. The molecule has 6 nitrogen and oxygen atoms in total. The standard InChI is InChI=1S/C17H15N3O3S/c18-15-13(11-7-3-1-4-8-11)14(12-9-5-2-6-10-12)17(20-16(15)19)24(21,22)23/h1-10H,18H2,(H2,19,20)(H,21,22,23). The van der Waals surface area contributed by atoms with Crippen molar-refractivity contribution in [3.05, 3.63) is 60.7 Å². The predicted octanol–water partition coefficient (Wildman–Crippen LogP) is 2.83. The highest BCUT2D eigenvalue weighted by molar-refractivity contribution is 7.85. The molecule has 0 aliphatic rings. The fraction of sp³-hybridized carbons (Fsp3) is 0. The summed E-state index contributed by atoms with van der Waals surface area (Å²) in [5.41, 5.74) is 13.9. The molecule has 122 valence electrons. The fourth-order valence-electron chi connectivity index (χ4n) is 2.56. The van der Waals surface area contributed by atoms with Gasteiger partial charge in [0.25, 0.3) is 0 Å². The van der Waals surface area contributed by atoms with Crippen LogP contribution in [0.3, 0.4) is 0 Å². The summed E-state index contributed by atoms with van der Waals surface area (Å²) in [4.78, 5) is 3.82. The minimum atomic E-state index is -4.60. The van der Waals surface area contributed by atoms with E-state index in [1.165, 1.54) is 0 Å². The van der Waals surface area contributed by atoms with Crippen LogP contribution in [0, 0.1) is 0 Å². The van der Waals surface area contributed by atoms with E-state index in [0.29, 0.717) is 16.7 Å². The maximum Gasteiger partial charge on any atom is 0.312 e. The van der Waals surface area contributed by atoms with Gasteiger partial charge in [0.05, 0.1) is 5.69 Å². The first kappa shape index (κ1) is 16.0. The Morgan fingerprint density at radius 1 is 0.792 bits per heavy atom. The van der Waals surface area contributed by atoms with E-state index >= 15 is 0 Å². The molecule has 1 heterocycles. The maximum atomic E-state index is 11.9. The lowest BCUT2D eigenvalue weighted by atomic mass is 9.95. The Morgan fingerprint density at radius 2 is 1.25 bits per heavy atom. The van der Waals surface area contributed by atoms with Crippen molar-refractivity contribution < 1.29 is 13.0 Å². The Kier molecular flexibility index (Phi) is 3.96. The Labute approximate surface area is 139 Å². The molecule has 0 saturated heterocycles. The van der Waals surface area contributed by atoms with Gasteiger partial charge in [0.2, 0.25) is 0 Å². The van der Waals surface area contributed by atoms with Crippen molar-refractivity contribution in [2.24, 2.45) is 0 Å². The first-order valence-corrected chi connectivity index (χ1v) is 8.51. The smallest absolute Gasteiger partial charge is 0.312 e. The van der Waals surface area contributed by atoms with Crippen LogP contribution < -0.4 is 11.5 Å². The second-order valence-corrected chi connectivity index (χ2v) is 6.51. The first-order valence-electron chi connectivity index (χ1n) is 7.07. The predicted molar refractivity (Wildman–Crippen MR) is 93.7 cm³/mol. The Morgan fingerprint density at radius 3 is 1.71 bits per heavy atom. The number of rotatable bonds is 3. The number of benzene rings is 2. The maximum absolute atomic E-state index is 11.9. The lowest BCUT2D eigenvalue weighted by Gasteiger charge is -2.17. The summed E-state index contributed by atoms with van der Waals surface area (Å²) < 4.78 is 33.4. The van der Waals surface area contributed by atoms with Gasteiger partial charge < -0.3 is 11.5 Å². The van der Waals surface area contributed by atoms with Crippen molar-refractivity contribution in [1.82, 2.24) is 4.98 Å². The lowest BCUT2D eigenvalue weighted by Crippen LogP contribution is -2.11. The molecular weight excluding hydrogens is 326 g/mol. The van der Waals surface area contributed by atoms with E-state index in [2.05, 4.69) is 4.98 Å². The Hall–Kier alpha value is -2.90. The number of nitrogen functional groups attached to an aromatic ring is 2. The van der Waals surface area contributed by atoms with Crippen LogP contribution in [0.5, 0.6) is 0 Å². The molecule has 5 N–H and O–H groups in total. The van der Waals surface area contributed by atoms with Crippen molar-refractivity contribution in [2.45, 2.75) is 5.03 Å². The largest absolute Gasteiger partial charge is 0.395 e. The minimum Gasteiger partial charge on any atom is -0.395 e. The molecule has 0 aliphatic carbocycles. The van der Waals surface area contributed by atoms with Crippen LogP contribution in [0.15, 0.2) is 65.7 Å². The normalized spacial score (nSPS) is 11.4. The second kappa shape index (κ2) is 5.95. The molecule has 0 fully saturated rings. The van der Waals surface area contributed by atoms with E-state index in [4.69, 9.17) is 11.5 Å². The summed E-state index contributed by atoms with van der Waals surface area (Å²) in [6.07, 6.45) is 0. The Bertz CT molecular complexity index is 989. The van der Waals surface area contributed by atoms with Crippen LogP contribution in [0.4, 0.5) is 11.5 Å². The number of nitrogens with zero attached hydrogens (tertiary/aromatic N) is 1. The van der Waals surface area contributed by atoms with E-state index in [9.17, 15) is 13.0 Å². The third-order valence-electron chi connectivity index (χ3n) is 3.60. The molecular formula is C17H15N3O3S. The fourth-order valence-corrected chi connectivity index (χ4v) is 3.25. The van der Waals surface area contributed by atoms with Gasteiger partial charge in [-0.05, 0) is 11.1 Å². The quantitative estimate of drug-likeness (QED) is 0.630. The Balaban J connectivity index is 2.50. The highest BCUT2D eigenvalue weighted by Crippen LogP contribution is 2.41. The van der Waals surface area contributed by atoms with E-state index in [0.717, 1.165) is 0 Å². The van der Waals surface area contributed by atoms with Gasteiger partial charge in [-0.2, -0.15) is 8.42 Å². The number of pyridine rings is 1. The first-order chi connectivity index (χ1) is 11.4. The number of aromatic nitrogens is 1. The van der Waals surface area contributed by atoms with Gasteiger partial charge in [-0.25, -0.2) is 4.98 Å². The highest BCUT2D eigenvalue weighted by atomic mass is 32.2. The molecule has 1 aromatic heterocycles. The SMILES string of the molecule is Nc1nc(S(=O)(=O)O)c(-c2ccccc2)c(-c2ccccc2)c1N. The van der Waals surface area contributed by atoms with Crippen molar-refractivity contribution in [1.29, 1.82) is 0 Å². The van der Waals surface area contributed by atoms with Gasteiger partial charge in [0.15, 0.2) is 5.03 Å². The van der Waals surface area contributed by atoms with Gasteiger partial charge in [-0.15, -0.1) is 0 Å². The highest BCUT2D eigenvalue weighted by Gasteiger charge is 2.26. The molecule has 24 heavy (non-hydrogen) atoms. The minimum absolute atomic E-state index is 0.152. The van der Waals surface area contributed by atoms with Gasteiger partial charge >= 0.3 is 10.1 Å². The number of hydrogen-bond donors (Lipinski definition) is 3. The second-order valence-electron chi connectivity index (χ2n) is 5.17. The third kappa shape index (κ3) is 2.82. The monoisotopic (exact) mass is 341 g/mol. The van der Waals surface area contributed by atoms with Crippen molar-refractivity contribution in [2.75, 3.05) is 11.5 Å². The zero-order valence-electron chi connectivity index (χ0n) is 12.5. The molecule has 0 bridgehead atoms. The third-order valence-corrected chi connectivity index (χ3v) is 4.38. The van der Waals surface area contributed by atoms with Crippen molar-refractivity contribution >= 4 is 21.6 Å². The van der Waals surface area contributed by atoms with Crippen LogP contribution >= 0.6 is 0 Å². The van der Waals surface area contributed by atoms with E-state index in [1.54, 1.807) is 54.6 Å². The van der Waals surface area contributed by atoms with Gasteiger partial charge in [-0.3, -0.25) is 4.55 Å². The van der Waals surface area contributed by atoms with E-state index < -0.39 is 15.1 Å². The van der Waals surface area contributed by atoms with Gasteiger partial charge in [-0.1, -0.05) is 60.7 Å². The number of hydrogen-bond acceptors (Lipinski definition) is 5. The summed E-state index contributed by atoms with van der Waals surface area (Å²) in [5, 5.41) is -0.515. The van der Waals surface area contributed by atoms with Crippen LogP contribution in [-0.4, -0.2) is 18.0 Å². The molecule has 3 rings (SSSR count). The van der Waals surface area contributed by atoms with Crippen LogP contribution in [0.25, 0.3) is 22.3 Å². The molecule has 0 saturated carbocycles. The molecule has 0 atom stereocenters. The van der Waals surface area contributed by atoms with Gasteiger partial charge in [0.1, 0.15) is 5.82 Å². The molecule has 0 amide bonds. The summed E-state index contributed by atoms with van der Waals surface area (Å²) in [5.74, 6) is -0.152. The molecule has 7 heteroatoms. The van der Waals surface area contributed by atoms with Crippen molar-refractivity contribution in [3.63, 3.8) is 0 Å². The van der Waals surface area contributed by atoms with Crippen LogP contribution in [0.2, 0.25) is 0 Å². The zero-order valence-corrected chi connectivity index (χ0v) is 13.4. The molecule has 0 spiro atoms. The molecule has 0 aliphatic heterocycles. The van der Waals surface area contributed by atoms with Gasteiger partial charge in [0, 0.05) is 11.1 Å². The summed E-state index contributed by atoms with van der Waals surface area (Å²) in [6, 6.07) is 17.7. The lowest BCUT2D eigenvalue weighted by molar-refractivity contribution is 0.480. The summed E-state index contributed by atoms with van der Waals surface area (Å²) >= 11 is 0. The summed E-state index contributed by atoms with van der Waals surface area (Å²) in [6.45, 7) is 0. The molecule has 0 unspecified atom stereocenters. The average Bonchev–Trinajstić information content (AvgIpc) is 2.57. The van der Waals surface area contributed by atoms with Crippen LogP contribution in [0.1, 0.15) is 0 Å². The van der Waals surface area contributed by atoms with Crippen LogP contribution in [-0.2, 0) is 10.1 Å². The topological polar surface area (TPSA) is 119 Å². The summed E-state index contributed by atoms with van der Waals surface area (Å²) in [7, 11) is -4.60. The number of anilines is 2. The average molecular weight is 341 g/mol. The molecule has 2 aromatic carbocycles. The molecule has 3 aromatic rings.